The monoisotopic (exact) mass is 734 g/mol. The average molecular weight is 736 g/mol. The Bertz CT molecular complexity index is 1920. The molecule has 1 spiro atoms. The molecule has 16 heteroatoms. The van der Waals surface area contributed by atoms with Crippen LogP contribution in [0.3, 0.4) is 0 Å². The maximum Gasteiger partial charge on any atom is 0.410 e. The van der Waals surface area contributed by atoms with Gasteiger partial charge in [0.2, 0.25) is 0 Å². The average Bonchev–Trinajstić information content (AvgIpc) is 3.41. The Labute approximate surface area is 280 Å². The SMILES string of the molecule is CCN(C)S(=O)(=O)Nc1ccc(F)c(Oc2ccc3ncn([C@@H]4COC5(CCN(C(=O)OC(C)(C)C)CC5)C4)c(=O)c3c2Br)c1C#N. The van der Waals surface area contributed by atoms with Gasteiger partial charge in [-0.2, -0.15) is 18.0 Å². The zero-order valence-corrected chi connectivity index (χ0v) is 29.1. The Morgan fingerprint density at radius 2 is 1.98 bits per heavy atom. The van der Waals surface area contributed by atoms with Crippen LogP contribution in [0.5, 0.6) is 11.5 Å². The number of ether oxygens (including phenoxy) is 3. The normalized spacial score (nSPS) is 18.0. The highest BCUT2D eigenvalue weighted by atomic mass is 79.9. The van der Waals surface area contributed by atoms with Gasteiger partial charge in [-0.1, -0.05) is 6.92 Å². The highest BCUT2D eigenvalue weighted by molar-refractivity contribution is 9.10. The molecule has 0 saturated carbocycles. The number of halogens is 2. The molecule has 0 unspecified atom stereocenters. The van der Waals surface area contributed by atoms with Crippen molar-refractivity contribution in [3.63, 3.8) is 0 Å². The van der Waals surface area contributed by atoms with Crippen LogP contribution in [0.1, 0.15) is 58.6 Å². The van der Waals surface area contributed by atoms with Gasteiger partial charge in [0, 0.05) is 26.7 Å². The van der Waals surface area contributed by atoms with Gasteiger partial charge >= 0.3 is 16.3 Å². The van der Waals surface area contributed by atoms with E-state index >= 15 is 4.39 Å². The molecule has 2 aliphatic heterocycles. The predicted molar refractivity (Wildman–Crippen MR) is 175 cm³/mol. The van der Waals surface area contributed by atoms with Crippen molar-refractivity contribution in [1.82, 2.24) is 18.8 Å². The van der Waals surface area contributed by atoms with E-state index in [-0.39, 0.29) is 57.7 Å². The Hall–Kier alpha value is -3.78. The molecule has 0 radical (unpaired) electrons. The van der Waals surface area contributed by atoms with Gasteiger partial charge in [0.15, 0.2) is 11.6 Å². The number of hydrogen-bond donors (Lipinski definition) is 1. The number of aromatic nitrogens is 2. The summed E-state index contributed by atoms with van der Waals surface area (Å²) in [6.07, 6.45) is 2.84. The third kappa shape index (κ3) is 7.08. The van der Waals surface area contributed by atoms with Crippen LogP contribution in [-0.2, 0) is 19.7 Å². The molecule has 5 rings (SSSR count). The first kappa shape index (κ1) is 34.6. The fraction of sp³-hybridized carbons (Fsp3) is 0.484. The molecule has 3 heterocycles. The first-order valence-corrected chi connectivity index (χ1v) is 17.3. The Balaban J connectivity index is 1.40. The molecule has 47 heavy (non-hydrogen) atoms. The van der Waals surface area contributed by atoms with Gasteiger partial charge < -0.3 is 19.1 Å². The molecule has 13 nitrogen and oxygen atoms in total. The number of anilines is 1. The molecule has 3 aromatic rings. The molecule has 252 valence electrons. The molecule has 2 saturated heterocycles. The molecule has 1 aromatic heterocycles. The van der Waals surface area contributed by atoms with Crippen molar-refractivity contribution >= 4 is 48.8 Å². The molecule has 1 amide bonds. The maximum absolute atomic E-state index is 15.1. The molecule has 2 aromatic carbocycles. The van der Waals surface area contributed by atoms with Crippen LogP contribution >= 0.6 is 15.9 Å². The number of nitriles is 1. The van der Waals surface area contributed by atoms with E-state index in [1.165, 1.54) is 30.1 Å². The van der Waals surface area contributed by atoms with Crippen molar-refractivity contribution in [3.05, 3.63) is 56.8 Å². The van der Waals surface area contributed by atoms with E-state index in [0.717, 1.165) is 16.4 Å². The predicted octanol–water partition coefficient (Wildman–Crippen LogP) is 5.30. The number of fused-ring (bicyclic) bond motifs is 1. The molecular weight excluding hydrogens is 699 g/mol. The molecule has 0 aliphatic carbocycles. The number of carbonyl (C=O) groups is 1. The van der Waals surface area contributed by atoms with Gasteiger partial charge in [-0.15, -0.1) is 0 Å². The number of nitrogens with one attached hydrogen (secondary N) is 1. The Morgan fingerprint density at radius 3 is 2.62 bits per heavy atom. The van der Waals surface area contributed by atoms with Gasteiger partial charge in [-0.25, -0.2) is 14.2 Å². The Kier molecular flexibility index (Phi) is 9.57. The minimum atomic E-state index is -4.02. The van der Waals surface area contributed by atoms with Crippen LogP contribution in [0.25, 0.3) is 10.9 Å². The number of rotatable bonds is 7. The first-order valence-electron chi connectivity index (χ1n) is 15.0. The molecule has 0 bridgehead atoms. The number of amides is 1. The van der Waals surface area contributed by atoms with Crippen LogP contribution in [0, 0.1) is 17.1 Å². The summed E-state index contributed by atoms with van der Waals surface area (Å²) in [5.41, 5.74) is -1.66. The highest BCUT2D eigenvalue weighted by Crippen LogP contribution is 2.42. The van der Waals surface area contributed by atoms with Gasteiger partial charge in [-0.05, 0) is 80.2 Å². The zero-order valence-electron chi connectivity index (χ0n) is 26.7. The minimum Gasteiger partial charge on any atom is -0.452 e. The third-order valence-electron chi connectivity index (χ3n) is 8.29. The lowest BCUT2D eigenvalue weighted by molar-refractivity contribution is -0.0486. The third-order valence-corrected chi connectivity index (χ3v) is 10.6. The molecule has 1 atom stereocenters. The second kappa shape index (κ2) is 13.0. The van der Waals surface area contributed by atoms with Crippen LogP contribution < -0.4 is 15.0 Å². The summed E-state index contributed by atoms with van der Waals surface area (Å²) in [5.74, 6) is -1.40. The molecular formula is C31H36BrFN6O7S. The molecule has 2 aliphatic rings. The van der Waals surface area contributed by atoms with E-state index in [4.69, 9.17) is 14.2 Å². The molecule has 1 N–H and O–H groups in total. The standard InChI is InChI=1S/C31H36BrFN6O7S/c1-6-37(5)47(42,43)36-22-8-7-21(33)27(20(22)16-34)45-24-10-9-23-25(26(24)32)28(40)39(18-35-23)19-15-31(44-17-19)11-13-38(14-12-31)29(41)46-30(2,3)4/h7-10,18-19,36H,6,11-15,17H2,1-5H3/t19-/m0/s1. The van der Waals surface area contributed by atoms with Gasteiger partial charge in [0.25, 0.3) is 5.56 Å². The summed E-state index contributed by atoms with van der Waals surface area (Å²) in [5, 5.41) is 10.0. The first-order chi connectivity index (χ1) is 22.1. The van der Waals surface area contributed by atoms with E-state index in [0.29, 0.717) is 37.9 Å². The summed E-state index contributed by atoms with van der Waals surface area (Å²) in [6.45, 7) is 8.49. The number of hydrogen-bond acceptors (Lipinski definition) is 9. The number of likely N-dealkylation sites (tertiary alicyclic amines) is 1. The Morgan fingerprint density at radius 1 is 1.28 bits per heavy atom. The highest BCUT2D eigenvalue weighted by Gasteiger charge is 2.45. The number of benzene rings is 2. The van der Waals surface area contributed by atoms with Crippen LogP contribution in [-0.4, -0.2) is 77.8 Å². The molecule has 2 fully saturated rings. The van der Waals surface area contributed by atoms with Gasteiger partial charge in [0.1, 0.15) is 23.0 Å². The largest absolute Gasteiger partial charge is 0.452 e. The number of nitrogens with zero attached hydrogens (tertiary/aromatic N) is 5. The van der Waals surface area contributed by atoms with E-state index in [1.54, 1.807) is 11.8 Å². The van der Waals surface area contributed by atoms with Crippen molar-refractivity contribution < 1.29 is 31.8 Å². The lowest BCUT2D eigenvalue weighted by Gasteiger charge is -2.39. The van der Waals surface area contributed by atoms with Crippen LogP contribution in [0.15, 0.2) is 39.9 Å². The van der Waals surface area contributed by atoms with E-state index in [1.807, 2.05) is 26.8 Å². The summed E-state index contributed by atoms with van der Waals surface area (Å²) in [6, 6.07) is 6.62. The van der Waals surface area contributed by atoms with Gasteiger partial charge in [0.05, 0.1) is 45.6 Å². The second-order valence-corrected chi connectivity index (χ2v) is 15.2. The van der Waals surface area contributed by atoms with E-state index in [9.17, 15) is 23.3 Å². The van der Waals surface area contributed by atoms with Crippen molar-refractivity contribution in [2.75, 3.05) is 38.0 Å². The number of carbonyl (C=O) groups excluding carboxylic acids is 1. The van der Waals surface area contributed by atoms with Crippen LogP contribution in [0.2, 0.25) is 0 Å². The summed E-state index contributed by atoms with van der Waals surface area (Å²) >= 11 is 3.43. The van der Waals surface area contributed by atoms with Crippen molar-refractivity contribution in [2.24, 2.45) is 0 Å². The topological polar surface area (TPSA) is 156 Å². The fourth-order valence-corrected chi connectivity index (χ4v) is 7.15. The van der Waals surface area contributed by atoms with Crippen molar-refractivity contribution in [1.29, 1.82) is 5.26 Å². The second-order valence-electron chi connectivity index (χ2n) is 12.6. The van der Waals surface area contributed by atoms with Crippen molar-refractivity contribution in [2.45, 2.75) is 64.2 Å². The van der Waals surface area contributed by atoms with E-state index < -0.39 is 33.0 Å². The van der Waals surface area contributed by atoms with Crippen LogP contribution in [0.4, 0.5) is 14.9 Å². The summed E-state index contributed by atoms with van der Waals surface area (Å²) < 4.78 is 62.9. The lowest BCUT2D eigenvalue weighted by Crippen LogP contribution is -2.48. The lowest BCUT2D eigenvalue weighted by atomic mass is 9.87. The van der Waals surface area contributed by atoms with Gasteiger partial charge in [-0.3, -0.25) is 14.1 Å². The van der Waals surface area contributed by atoms with Crippen molar-refractivity contribution in [3.8, 4) is 17.6 Å². The smallest absolute Gasteiger partial charge is 0.410 e. The summed E-state index contributed by atoms with van der Waals surface area (Å²) in [4.78, 5) is 32.6. The quantitative estimate of drug-likeness (QED) is 0.340. The zero-order chi connectivity index (χ0) is 34.3. The number of piperidine rings is 1. The minimum absolute atomic E-state index is 0.0175. The fourth-order valence-electron chi connectivity index (χ4n) is 5.62. The van der Waals surface area contributed by atoms with E-state index in [2.05, 4.69) is 25.6 Å². The maximum atomic E-state index is 15.1. The summed E-state index contributed by atoms with van der Waals surface area (Å²) in [7, 11) is -2.66.